The summed E-state index contributed by atoms with van der Waals surface area (Å²) in [5, 5.41) is 0. The summed E-state index contributed by atoms with van der Waals surface area (Å²) < 4.78 is 23.4. The first-order valence-electron chi connectivity index (χ1n) is 8.09. The molecule has 1 N–H and O–H groups in total. The van der Waals surface area contributed by atoms with Crippen LogP contribution in [0.15, 0.2) is 24.3 Å². The predicted molar refractivity (Wildman–Crippen MR) is 88.7 cm³/mol. The number of carbonyl (C=O) groups is 1. The first-order valence-corrected chi connectivity index (χ1v) is 9.17. The Morgan fingerprint density at radius 1 is 1.17 bits per heavy atom. The lowest BCUT2D eigenvalue weighted by atomic mass is 9.85. The van der Waals surface area contributed by atoms with E-state index in [1.165, 1.54) is 25.8 Å². The quantitative estimate of drug-likeness (QED) is 0.826. The summed E-state index contributed by atoms with van der Waals surface area (Å²) in [5.41, 5.74) is 1.06. The molecule has 1 atom stereocenters. The fourth-order valence-corrected chi connectivity index (χ4v) is 3.46. The van der Waals surface area contributed by atoms with E-state index in [1.807, 2.05) is 4.90 Å². The predicted octanol–water partition coefficient (Wildman–Crippen LogP) is 1.45. The minimum absolute atomic E-state index is 0.0168. The molecule has 126 valence electrons. The lowest BCUT2D eigenvalue weighted by Crippen LogP contribution is -2.50. The molecule has 6 nitrogen and oxygen atoms in total. The maximum atomic E-state index is 12.5. The molecule has 2 aliphatic rings. The standard InChI is InChI=1S/C16H23N3O3S/c20-16(14-4-6-15(7-5-14)17-23(21)22)19-10-8-18(9-11-19)12-13-2-1-3-13/h4-7,13,17H,1-3,8-12H2,(H,21,22)/p-1. The van der Waals surface area contributed by atoms with Crippen LogP contribution in [0.1, 0.15) is 29.6 Å². The summed E-state index contributed by atoms with van der Waals surface area (Å²) >= 11 is -2.34. The molecule has 2 fully saturated rings. The molecule has 1 saturated heterocycles. The van der Waals surface area contributed by atoms with Gasteiger partial charge in [-0.05, 0) is 43.0 Å². The maximum Gasteiger partial charge on any atom is 0.253 e. The molecule has 7 heteroatoms. The number of anilines is 1. The number of benzene rings is 1. The third kappa shape index (κ3) is 4.31. The molecular weight excluding hydrogens is 314 g/mol. The van der Waals surface area contributed by atoms with Crippen molar-refractivity contribution in [2.24, 2.45) is 5.92 Å². The molecule has 1 unspecified atom stereocenters. The van der Waals surface area contributed by atoms with Crippen molar-refractivity contribution in [3.63, 3.8) is 0 Å². The lowest BCUT2D eigenvalue weighted by molar-refractivity contribution is 0.0591. The third-order valence-electron chi connectivity index (χ3n) is 4.73. The van der Waals surface area contributed by atoms with Gasteiger partial charge in [-0.25, -0.2) is 0 Å². The second-order valence-electron chi connectivity index (χ2n) is 6.30. The number of piperazine rings is 1. The Kier molecular flexibility index (Phi) is 5.30. The monoisotopic (exact) mass is 336 g/mol. The van der Waals surface area contributed by atoms with E-state index in [4.69, 9.17) is 0 Å². The van der Waals surface area contributed by atoms with Crippen molar-refractivity contribution in [2.75, 3.05) is 37.4 Å². The number of nitrogens with one attached hydrogen (secondary N) is 1. The van der Waals surface area contributed by atoms with Crippen LogP contribution in [0.2, 0.25) is 0 Å². The number of carbonyl (C=O) groups excluding carboxylic acids is 1. The van der Waals surface area contributed by atoms with Crippen LogP contribution in [0, 0.1) is 5.92 Å². The molecule has 0 radical (unpaired) electrons. The van der Waals surface area contributed by atoms with E-state index in [2.05, 4.69) is 9.62 Å². The van der Waals surface area contributed by atoms with Gasteiger partial charge in [0.25, 0.3) is 5.91 Å². The molecule has 3 rings (SSSR count). The molecule has 0 spiro atoms. The van der Waals surface area contributed by atoms with Gasteiger partial charge in [0.1, 0.15) is 0 Å². The van der Waals surface area contributed by atoms with Gasteiger partial charge >= 0.3 is 0 Å². The summed E-state index contributed by atoms with van der Waals surface area (Å²) in [6.45, 7) is 4.58. The first kappa shape index (κ1) is 16.4. The van der Waals surface area contributed by atoms with Crippen molar-refractivity contribution in [1.29, 1.82) is 0 Å². The zero-order valence-electron chi connectivity index (χ0n) is 13.1. The van der Waals surface area contributed by atoms with E-state index in [1.54, 1.807) is 24.3 Å². The molecule has 23 heavy (non-hydrogen) atoms. The van der Waals surface area contributed by atoms with Crippen molar-refractivity contribution >= 4 is 22.9 Å². The van der Waals surface area contributed by atoms with E-state index < -0.39 is 11.3 Å². The van der Waals surface area contributed by atoms with Gasteiger partial charge < -0.3 is 14.2 Å². The number of nitrogens with zero attached hydrogens (tertiary/aromatic N) is 2. The molecule has 1 aliphatic carbocycles. The van der Waals surface area contributed by atoms with Crippen LogP contribution < -0.4 is 4.72 Å². The fourth-order valence-electron chi connectivity index (χ4n) is 3.13. The Balaban J connectivity index is 1.51. The Labute approximate surface area is 139 Å². The van der Waals surface area contributed by atoms with E-state index in [-0.39, 0.29) is 5.91 Å². The molecular formula is C16H22N3O3S-. The van der Waals surface area contributed by atoms with Crippen LogP contribution in [-0.4, -0.2) is 57.2 Å². The fraction of sp³-hybridized carbons (Fsp3) is 0.562. The van der Waals surface area contributed by atoms with Gasteiger partial charge in [-0.1, -0.05) is 6.42 Å². The summed E-state index contributed by atoms with van der Waals surface area (Å²) in [4.78, 5) is 16.8. The molecule has 1 aliphatic heterocycles. The number of hydrogen-bond acceptors (Lipinski definition) is 4. The van der Waals surface area contributed by atoms with Gasteiger partial charge in [0.2, 0.25) is 0 Å². The van der Waals surface area contributed by atoms with Gasteiger partial charge in [0.15, 0.2) is 0 Å². The molecule has 1 heterocycles. The van der Waals surface area contributed by atoms with Crippen LogP contribution in [0.5, 0.6) is 0 Å². The molecule has 1 amide bonds. The van der Waals surface area contributed by atoms with Gasteiger partial charge in [-0.15, -0.1) is 0 Å². The van der Waals surface area contributed by atoms with Crippen molar-refractivity contribution in [2.45, 2.75) is 19.3 Å². The average molecular weight is 336 g/mol. The highest BCUT2D eigenvalue weighted by Gasteiger charge is 2.25. The number of rotatable bonds is 5. The van der Waals surface area contributed by atoms with Gasteiger partial charge in [0.05, 0.1) is 0 Å². The second-order valence-corrected chi connectivity index (χ2v) is 6.98. The minimum atomic E-state index is -2.34. The third-order valence-corrected chi connectivity index (χ3v) is 5.14. The topological polar surface area (TPSA) is 75.7 Å². The molecule has 1 aromatic rings. The van der Waals surface area contributed by atoms with Crippen molar-refractivity contribution in [1.82, 2.24) is 9.80 Å². The zero-order valence-corrected chi connectivity index (χ0v) is 13.9. The number of amides is 1. The maximum absolute atomic E-state index is 12.5. The largest absolute Gasteiger partial charge is 0.755 e. The summed E-state index contributed by atoms with van der Waals surface area (Å²) in [6, 6.07) is 6.54. The highest BCUT2D eigenvalue weighted by molar-refractivity contribution is 7.80. The molecule has 0 bridgehead atoms. The van der Waals surface area contributed by atoms with Crippen LogP contribution in [0.25, 0.3) is 0 Å². The van der Waals surface area contributed by atoms with Crippen LogP contribution in [0.4, 0.5) is 5.69 Å². The molecule has 1 saturated carbocycles. The lowest BCUT2D eigenvalue weighted by Gasteiger charge is -2.38. The van der Waals surface area contributed by atoms with Crippen LogP contribution >= 0.6 is 0 Å². The smallest absolute Gasteiger partial charge is 0.253 e. The van der Waals surface area contributed by atoms with E-state index in [0.717, 1.165) is 32.1 Å². The normalized spacial score (nSPS) is 20.8. The minimum Gasteiger partial charge on any atom is -0.755 e. The van der Waals surface area contributed by atoms with Gasteiger partial charge in [-0.3, -0.25) is 13.9 Å². The summed E-state index contributed by atoms with van der Waals surface area (Å²) in [5.74, 6) is 0.881. The van der Waals surface area contributed by atoms with E-state index >= 15 is 0 Å². The second kappa shape index (κ2) is 7.42. The van der Waals surface area contributed by atoms with E-state index in [9.17, 15) is 13.6 Å². The summed E-state index contributed by atoms with van der Waals surface area (Å²) in [6.07, 6.45) is 4.08. The highest BCUT2D eigenvalue weighted by atomic mass is 32.2. The van der Waals surface area contributed by atoms with Gasteiger partial charge in [0, 0.05) is 55.2 Å². The Hall–Kier alpha value is -1.44. The average Bonchev–Trinajstić information content (AvgIpc) is 2.51. The molecule has 1 aromatic carbocycles. The van der Waals surface area contributed by atoms with E-state index in [0.29, 0.717) is 11.3 Å². The number of hydrogen-bond donors (Lipinski definition) is 1. The highest BCUT2D eigenvalue weighted by Crippen LogP contribution is 2.27. The SMILES string of the molecule is O=C(c1ccc(NS(=O)[O-])cc1)N1CCN(CC2CCC2)CC1. The van der Waals surface area contributed by atoms with Crippen LogP contribution in [0.3, 0.4) is 0 Å². The van der Waals surface area contributed by atoms with Crippen molar-refractivity contribution in [3.05, 3.63) is 29.8 Å². The zero-order chi connectivity index (χ0) is 16.2. The molecule has 0 aromatic heterocycles. The Bertz CT molecular complexity index is 566. The summed E-state index contributed by atoms with van der Waals surface area (Å²) in [7, 11) is 0. The van der Waals surface area contributed by atoms with Crippen LogP contribution in [-0.2, 0) is 11.3 Å². The Morgan fingerprint density at radius 3 is 2.35 bits per heavy atom. The Morgan fingerprint density at radius 2 is 1.83 bits per heavy atom. The van der Waals surface area contributed by atoms with Gasteiger partial charge in [-0.2, -0.15) is 0 Å². The first-order chi connectivity index (χ1) is 11.1. The van der Waals surface area contributed by atoms with Crippen molar-refractivity contribution < 1.29 is 13.6 Å². The van der Waals surface area contributed by atoms with Crippen molar-refractivity contribution in [3.8, 4) is 0 Å².